The van der Waals surface area contributed by atoms with E-state index in [1.165, 1.54) is 0 Å². The Morgan fingerprint density at radius 2 is 0.880 bits per heavy atom. The van der Waals surface area contributed by atoms with Crippen molar-refractivity contribution in [2.45, 2.75) is 6.23 Å². The van der Waals surface area contributed by atoms with Crippen LogP contribution in [0.3, 0.4) is 0 Å². The summed E-state index contributed by atoms with van der Waals surface area (Å²) in [5.74, 6) is 0.873. The summed E-state index contributed by atoms with van der Waals surface area (Å²) in [6, 6.07) is 54.9. The van der Waals surface area contributed by atoms with Crippen LogP contribution in [0.1, 0.15) is 11.8 Å². The molecule has 0 saturated heterocycles. The van der Waals surface area contributed by atoms with Crippen molar-refractivity contribution in [2.24, 2.45) is 0 Å². The molecule has 1 aliphatic rings. The molecule has 50 heavy (non-hydrogen) atoms. The number of anilines is 4. The monoisotopic (exact) mass is 644 g/mol. The normalized spacial score (nSPS) is 14.1. The van der Waals surface area contributed by atoms with Gasteiger partial charge >= 0.3 is 0 Å². The third kappa shape index (κ3) is 4.01. The van der Waals surface area contributed by atoms with E-state index in [2.05, 4.69) is 125 Å². The Hall–Kier alpha value is -6.72. The molecule has 8 aromatic carbocycles. The fourth-order valence-electron chi connectivity index (χ4n) is 7.76. The summed E-state index contributed by atoms with van der Waals surface area (Å²) in [7, 11) is 0. The summed E-state index contributed by atoms with van der Waals surface area (Å²) in [6.07, 6.45) is -0.286. The predicted molar refractivity (Wildman–Crippen MR) is 204 cm³/mol. The van der Waals surface area contributed by atoms with Crippen LogP contribution in [0, 0.1) is 0 Å². The van der Waals surface area contributed by atoms with Crippen LogP contribution in [0.4, 0.5) is 22.7 Å². The number of nitrogens with one attached hydrogen (secondary N) is 1. The molecule has 0 spiro atoms. The van der Waals surface area contributed by atoms with Crippen LogP contribution in [0.15, 0.2) is 167 Å². The van der Waals surface area contributed by atoms with Gasteiger partial charge in [0, 0.05) is 67.1 Å². The third-order valence-corrected chi connectivity index (χ3v) is 10.1. The molecule has 0 saturated carbocycles. The lowest BCUT2D eigenvalue weighted by Gasteiger charge is -2.26. The molecular formula is C45H28N2O3. The highest BCUT2D eigenvalue weighted by Crippen LogP contribution is 2.50. The van der Waals surface area contributed by atoms with Crippen molar-refractivity contribution in [1.82, 2.24) is 0 Å². The number of ether oxygens (including phenoxy) is 1. The van der Waals surface area contributed by atoms with Gasteiger partial charge in [-0.3, -0.25) is 0 Å². The van der Waals surface area contributed by atoms with Crippen molar-refractivity contribution in [1.29, 1.82) is 0 Å². The van der Waals surface area contributed by atoms with Crippen molar-refractivity contribution >= 4 is 88.2 Å². The number of fused-ring (bicyclic) bond motifs is 12. The molecule has 0 bridgehead atoms. The summed E-state index contributed by atoms with van der Waals surface area (Å²) in [5, 5.41) is 12.6. The Morgan fingerprint density at radius 1 is 0.400 bits per heavy atom. The predicted octanol–water partition coefficient (Wildman–Crippen LogP) is 12.8. The summed E-state index contributed by atoms with van der Waals surface area (Å²) in [4.78, 5) is 2.28. The fourth-order valence-corrected chi connectivity index (χ4v) is 7.76. The zero-order valence-corrected chi connectivity index (χ0v) is 26.8. The average Bonchev–Trinajstić information content (AvgIpc) is 3.89. The van der Waals surface area contributed by atoms with Crippen LogP contribution in [-0.2, 0) is 0 Å². The molecule has 236 valence electrons. The first-order chi connectivity index (χ1) is 24.8. The number of furan rings is 2. The Kier molecular flexibility index (Phi) is 5.66. The number of rotatable bonds is 4. The summed E-state index contributed by atoms with van der Waals surface area (Å²) < 4.78 is 19.5. The Balaban J connectivity index is 1.14. The van der Waals surface area contributed by atoms with Gasteiger partial charge in [0.2, 0.25) is 0 Å². The Morgan fingerprint density at radius 3 is 1.52 bits per heavy atom. The van der Waals surface area contributed by atoms with Gasteiger partial charge in [-0.1, -0.05) is 97.1 Å². The molecule has 5 heteroatoms. The minimum absolute atomic E-state index is 0.286. The van der Waals surface area contributed by atoms with Crippen molar-refractivity contribution < 1.29 is 13.6 Å². The van der Waals surface area contributed by atoms with Gasteiger partial charge in [-0.25, -0.2) is 0 Å². The molecular weight excluding hydrogens is 617 g/mol. The maximum atomic E-state index is 6.69. The second kappa shape index (κ2) is 10.4. The molecule has 10 aromatic rings. The fraction of sp³-hybridized carbons (Fsp3) is 0.0222. The van der Waals surface area contributed by atoms with Gasteiger partial charge in [-0.05, 0) is 59.3 Å². The maximum Gasteiger partial charge on any atom is 0.196 e. The van der Waals surface area contributed by atoms with Gasteiger partial charge in [-0.2, -0.15) is 0 Å². The molecule has 1 unspecified atom stereocenters. The lowest BCUT2D eigenvalue weighted by Crippen LogP contribution is -2.10. The number of para-hydroxylation sites is 2. The van der Waals surface area contributed by atoms with Crippen LogP contribution in [0.5, 0.6) is 5.75 Å². The van der Waals surface area contributed by atoms with Crippen molar-refractivity contribution in [3.63, 3.8) is 0 Å². The van der Waals surface area contributed by atoms with Gasteiger partial charge in [-0.15, -0.1) is 0 Å². The van der Waals surface area contributed by atoms with Crippen molar-refractivity contribution in [3.8, 4) is 5.75 Å². The topological polar surface area (TPSA) is 50.8 Å². The Bertz CT molecular complexity index is 2850. The van der Waals surface area contributed by atoms with Gasteiger partial charge in [0.15, 0.2) is 12.0 Å². The van der Waals surface area contributed by atoms with Gasteiger partial charge < -0.3 is 23.8 Å². The standard InChI is InChI=1S/C45H28N2O3/c1-2-10-27(11-3-1)45-46-43-38-24-28(18-21-32(38)31-12-4-5-15-37(31)44(43)50-45)47(29-19-22-35-33-13-6-8-16-39(33)48-41(35)25-29)30-20-23-36-34-14-7-9-17-40(34)49-42(36)26-30/h1-26,45-46H. The zero-order valence-electron chi connectivity index (χ0n) is 26.8. The molecule has 1 atom stereocenters. The first-order valence-corrected chi connectivity index (χ1v) is 16.9. The molecule has 5 nitrogen and oxygen atoms in total. The average molecular weight is 645 g/mol. The van der Waals surface area contributed by atoms with E-state index in [1.54, 1.807) is 0 Å². The van der Waals surface area contributed by atoms with Crippen LogP contribution in [0.2, 0.25) is 0 Å². The van der Waals surface area contributed by atoms with E-state index in [-0.39, 0.29) is 6.23 Å². The first-order valence-electron chi connectivity index (χ1n) is 16.9. The highest BCUT2D eigenvalue weighted by atomic mass is 16.5. The Labute approximate surface area is 286 Å². The van der Waals surface area contributed by atoms with Gasteiger partial charge in [0.05, 0.1) is 5.69 Å². The SMILES string of the molecule is c1ccc(C2Nc3c(c4ccccc4c4ccc(N(c5ccc6c(c5)oc5ccccc56)c5ccc6c(c5)oc5ccccc56)cc34)O2)cc1. The second-order valence-corrected chi connectivity index (χ2v) is 12.9. The van der Waals surface area contributed by atoms with E-state index in [4.69, 9.17) is 13.6 Å². The highest BCUT2D eigenvalue weighted by Gasteiger charge is 2.29. The van der Waals surface area contributed by atoms with E-state index in [0.717, 1.165) is 99.5 Å². The van der Waals surface area contributed by atoms with Gasteiger partial charge in [0.25, 0.3) is 0 Å². The molecule has 0 amide bonds. The number of hydrogen-bond donors (Lipinski definition) is 1. The molecule has 11 rings (SSSR count). The third-order valence-electron chi connectivity index (χ3n) is 10.1. The van der Waals surface area contributed by atoms with Crippen molar-refractivity contribution in [2.75, 3.05) is 10.2 Å². The molecule has 0 aliphatic carbocycles. The van der Waals surface area contributed by atoms with E-state index >= 15 is 0 Å². The molecule has 0 radical (unpaired) electrons. The molecule has 1 aliphatic heterocycles. The lowest BCUT2D eigenvalue weighted by atomic mass is 9.98. The number of hydrogen-bond acceptors (Lipinski definition) is 5. The summed E-state index contributed by atoms with van der Waals surface area (Å²) in [6.45, 7) is 0. The van der Waals surface area contributed by atoms with E-state index in [0.29, 0.717) is 0 Å². The number of nitrogens with zero attached hydrogens (tertiary/aromatic N) is 1. The summed E-state index contributed by atoms with van der Waals surface area (Å²) in [5.41, 5.74) is 8.48. The second-order valence-electron chi connectivity index (χ2n) is 12.9. The molecule has 2 aromatic heterocycles. The minimum Gasteiger partial charge on any atom is -0.464 e. The maximum absolute atomic E-state index is 6.69. The van der Waals surface area contributed by atoms with Crippen LogP contribution >= 0.6 is 0 Å². The number of benzene rings is 8. The van der Waals surface area contributed by atoms with E-state index in [1.807, 2.05) is 42.5 Å². The molecule has 1 N–H and O–H groups in total. The largest absolute Gasteiger partial charge is 0.464 e. The van der Waals surface area contributed by atoms with E-state index in [9.17, 15) is 0 Å². The zero-order chi connectivity index (χ0) is 32.8. The molecule has 3 heterocycles. The summed E-state index contributed by atoms with van der Waals surface area (Å²) >= 11 is 0. The van der Waals surface area contributed by atoms with Crippen LogP contribution < -0.4 is 15.0 Å². The lowest BCUT2D eigenvalue weighted by molar-refractivity contribution is 0.262. The molecule has 0 fully saturated rings. The smallest absolute Gasteiger partial charge is 0.196 e. The van der Waals surface area contributed by atoms with Gasteiger partial charge in [0.1, 0.15) is 22.3 Å². The minimum atomic E-state index is -0.286. The van der Waals surface area contributed by atoms with Crippen LogP contribution in [0.25, 0.3) is 65.4 Å². The quantitative estimate of drug-likeness (QED) is 0.193. The van der Waals surface area contributed by atoms with Crippen LogP contribution in [-0.4, -0.2) is 0 Å². The first kappa shape index (κ1) is 27.3. The van der Waals surface area contributed by atoms with E-state index < -0.39 is 0 Å². The highest BCUT2D eigenvalue weighted by molar-refractivity contribution is 6.18. The van der Waals surface area contributed by atoms with Crippen molar-refractivity contribution in [3.05, 3.63) is 163 Å².